The van der Waals surface area contributed by atoms with Crippen molar-refractivity contribution in [2.75, 3.05) is 13.2 Å². The zero-order valence-corrected chi connectivity index (χ0v) is 18.2. The van der Waals surface area contributed by atoms with E-state index in [-0.39, 0.29) is 12.5 Å². The fourth-order valence-electron chi connectivity index (χ4n) is 4.43. The first-order chi connectivity index (χ1) is 16.2. The number of benzene rings is 3. The van der Waals surface area contributed by atoms with E-state index in [2.05, 4.69) is 11.4 Å². The van der Waals surface area contributed by atoms with Crippen LogP contribution in [0.4, 0.5) is 0 Å². The zero-order valence-electron chi connectivity index (χ0n) is 18.2. The molecule has 168 valence electrons. The van der Waals surface area contributed by atoms with Crippen molar-refractivity contribution in [3.05, 3.63) is 101 Å². The smallest absolute Gasteiger partial charge is 0.252 e. The predicted molar refractivity (Wildman–Crippen MR) is 125 cm³/mol. The Bertz CT molecular complexity index is 1160. The summed E-state index contributed by atoms with van der Waals surface area (Å²) in [5.74, 6) is 1.02. The Labute approximate surface area is 192 Å². The normalized spacial score (nSPS) is 21.5. The number of ether oxygens (including phenoxy) is 2. The van der Waals surface area contributed by atoms with E-state index in [1.807, 2.05) is 72.8 Å². The number of aliphatic hydroxyl groups is 1. The molecule has 1 amide bonds. The van der Waals surface area contributed by atoms with Gasteiger partial charge < -0.3 is 19.9 Å². The standard InChI is InChI=1S/C27H26N2O4/c30-15-6-16-32-23-13-11-20(12-14-23)25-29-27(24(33-25)19-7-2-1-3-8-19)17-21-9-4-5-10-22(21)18-28-26(27)31/h1-5,7-14,24,30H,6,15-18H2,(H,28,31)/t24-,27-/m1/s1. The second-order valence-corrected chi connectivity index (χ2v) is 8.33. The first kappa shape index (κ1) is 21.2. The average molecular weight is 443 g/mol. The summed E-state index contributed by atoms with van der Waals surface area (Å²) in [4.78, 5) is 18.5. The van der Waals surface area contributed by atoms with Gasteiger partial charge in [0, 0.05) is 31.6 Å². The maximum absolute atomic E-state index is 13.5. The number of fused-ring (bicyclic) bond motifs is 1. The van der Waals surface area contributed by atoms with Gasteiger partial charge in [0.25, 0.3) is 5.91 Å². The van der Waals surface area contributed by atoms with Crippen molar-refractivity contribution in [3.8, 4) is 5.75 Å². The van der Waals surface area contributed by atoms with Gasteiger partial charge in [-0.2, -0.15) is 0 Å². The van der Waals surface area contributed by atoms with Crippen LogP contribution >= 0.6 is 0 Å². The summed E-state index contributed by atoms with van der Waals surface area (Å²) in [6.45, 7) is 1.02. The second-order valence-electron chi connectivity index (χ2n) is 8.33. The summed E-state index contributed by atoms with van der Waals surface area (Å²) in [5, 5.41) is 12.0. The maximum Gasteiger partial charge on any atom is 0.252 e. The molecule has 2 atom stereocenters. The monoisotopic (exact) mass is 442 g/mol. The van der Waals surface area contributed by atoms with E-state index >= 15 is 0 Å². The lowest BCUT2D eigenvalue weighted by Gasteiger charge is -2.29. The van der Waals surface area contributed by atoms with E-state index in [1.54, 1.807) is 0 Å². The number of nitrogens with zero attached hydrogens (tertiary/aromatic N) is 1. The van der Waals surface area contributed by atoms with Gasteiger partial charge in [0.15, 0.2) is 11.6 Å². The van der Waals surface area contributed by atoms with Gasteiger partial charge in [0.05, 0.1) is 6.61 Å². The highest BCUT2D eigenvalue weighted by Gasteiger charge is 2.54. The molecule has 2 heterocycles. The van der Waals surface area contributed by atoms with Crippen molar-refractivity contribution in [2.24, 2.45) is 4.99 Å². The van der Waals surface area contributed by atoms with Crippen molar-refractivity contribution < 1.29 is 19.4 Å². The van der Waals surface area contributed by atoms with Gasteiger partial charge in [0.2, 0.25) is 5.90 Å². The van der Waals surface area contributed by atoms with Gasteiger partial charge in [-0.05, 0) is 41.0 Å². The fraction of sp³-hybridized carbons (Fsp3) is 0.259. The minimum Gasteiger partial charge on any atom is -0.494 e. The molecule has 0 aliphatic carbocycles. The number of nitrogens with one attached hydrogen (secondary N) is 1. The van der Waals surface area contributed by atoms with Crippen molar-refractivity contribution >= 4 is 11.8 Å². The predicted octanol–water partition coefficient (Wildman–Crippen LogP) is 3.58. The Hall–Kier alpha value is -3.64. The van der Waals surface area contributed by atoms with Gasteiger partial charge in [-0.25, -0.2) is 4.99 Å². The molecule has 2 N–H and O–H groups in total. The summed E-state index contributed by atoms with van der Waals surface area (Å²) in [6, 6.07) is 25.4. The summed E-state index contributed by atoms with van der Waals surface area (Å²) in [7, 11) is 0. The third-order valence-electron chi connectivity index (χ3n) is 6.15. The van der Waals surface area contributed by atoms with Gasteiger partial charge in [0.1, 0.15) is 5.75 Å². The van der Waals surface area contributed by atoms with Crippen molar-refractivity contribution in [2.45, 2.75) is 31.0 Å². The minimum absolute atomic E-state index is 0.0941. The molecular formula is C27H26N2O4. The molecule has 0 saturated heterocycles. The molecule has 0 saturated carbocycles. The number of carbonyl (C=O) groups excluding carboxylic acids is 1. The van der Waals surface area contributed by atoms with Crippen LogP contribution in [0, 0.1) is 0 Å². The van der Waals surface area contributed by atoms with Crippen LogP contribution < -0.4 is 10.1 Å². The van der Waals surface area contributed by atoms with Crippen LogP contribution in [0.25, 0.3) is 0 Å². The topological polar surface area (TPSA) is 80.2 Å². The quantitative estimate of drug-likeness (QED) is 0.572. The molecule has 0 fully saturated rings. The van der Waals surface area contributed by atoms with Crippen LogP contribution in [-0.4, -0.2) is 35.7 Å². The van der Waals surface area contributed by atoms with Gasteiger partial charge in [-0.3, -0.25) is 4.79 Å². The molecule has 3 aromatic carbocycles. The van der Waals surface area contributed by atoms with E-state index in [1.165, 1.54) is 0 Å². The fourth-order valence-corrected chi connectivity index (χ4v) is 4.43. The Balaban J connectivity index is 1.53. The Kier molecular flexibility index (Phi) is 5.84. The van der Waals surface area contributed by atoms with Gasteiger partial charge in [-0.1, -0.05) is 54.6 Å². The van der Waals surface area contributed by atoms with E-state index in [0.717, 1.165) is 22.3 Å². The van der Waals surface area contributed by atoms with Crippen molar-refractivity contribution in [3.63, 3.8) is 0 Å². The molecule has 5 rings (SSSR count). The largest absolute Gasteiger partial charge is 0.494 e. The van der Waals surface area contributed by atoms with Crippen LogP contribution in [0.5, 0.6) is 5.75 Å². The number of amides is 1. The number of carbonyl (C=O) groups is 1. The van der Waals surface area contributed by atoms with Gasteiger partial charge in [-0.15, -0.1) is 0 Å². The first-order valence-electron chi connectivity index (χ1n) is 11.2. The lowest BCUT2D eigenvalue weighted by Crippen LogP contribution is -2.48. The van der Waals surface area contributed by atoms with Crippen LogP contribution in [0.2, 0.25) is 0 Å². The SMILES string of the molecule is O=C1NCc2ccccc2C[C@]12N=C(c1ccc(OCCCO)cc1)O[C@@H]2c1ccccc1. The number of hydrogen-bond donors (Lipinski definition) is 2. The molecule has 6 heteroatoms. The minimum atomic E-state index is -1.10. The lowest BCUT2D eigenvalue weighted by atomic mass is 9.82. The molecule has 3 aromatic rings. The molecular weight excluding hydrogens is 416 g/mol. The zero-order chi connectivity index (χ0) is 22.7. The first-order valence-corrected chi connectivity index (χ1v) is 11.2. The van der Waals surface area contributed by atoms with E-state index in [0.29, 0.717) is 37.6 Å². The maximum atomic E-state index is 13.5. The highest BCUT2D eigenvalue weighted by atomic mass is 16.5. The summed E-state index contributed by atoms with van der Waals surface area (Å²) in [5.41, 5.74) is 2.79. The molecule has 0 aromatic heterocycles. The van der Waals surface area contributed by atoms with Crippen LogP contribution in [0.3, 0.4) is 0 Å². The number of rotatable bonds is 6. The third kappa shape index (κ3) is 4.10. The van der Waals surface area contributed by atoms with E-state index in [9.17, 15) is 4.79 Å². The molecule has 0 unspecified atom stereocenters. The van der Waals surface area contributed by atoms with Crippen molar-refractivity contribution in [1.29, 1.82) is 0 Å². The molecule has 1 spiro atoms. The summed E-state index contributed by atoms with van der Waals surface area (Å²) >= 11 is 0. The van der Waals surface area contributed by atoms with E-state index < -0.39 is 11.6 Å². The van der Waals surface area contributed by atoms with E-state index in [4.69, 9.17) is 19.6 Å². The lowest BCUT2D eigenvalue weighted by molar-refractivity contribution is -0.128. The summed E-state index contributed by atoms with van der Waals surface area (Å²) in [6.07, 6.45) is 0.496. The Morgan fingerprint density at radius 3 is 2.48 bits per heavy atom. The molecule has 33 heavy (non-hydrogen) atoms. The number of aliphatic imine (C=N–C) groups is 1. The van der Waals surface area contributed by atoms with Crippen LogP contribution in [0.15, 0.2) is 83.9 Å². The highest BCUT2D eigenvalue weighted by molar-refractivity contribution is 6.01. The summed E-state index contributed by atoms with van der Waals surface area (Å²) < 4.78 is 12.1. The molecule has 6 nitrogen and oxygen atoms in total. The Morgan fingerprint density at radius 2 is 1.73 bits per heavy atom. The number of aliphatic hydroxyl groups excluding tert-OH is 1. The molecule has 0 radical (unpaired) electrons. The van der Waals surface area contributed by atoms with Crippen molar-refractivity contribution in [1.82, 2.24) is 5.32 Å². The molecule has 2 aliphatic heterocycles. The van der Waals surface area contributed by atoms with Crippen LogP contribution in [-0.2, 0) is 22.5 Å². The average Bonchev–Trinajstić information content (AvgIpc) is 3.18. The number of hydrogen-bond acceptors (Lipinski definition) is 5. The molecule has 2 aliphatic rings. The molecule has 0 bridgehead atoms. The third-order valence-corrected chi connectivity index (χ3v) is 6.15. The second kappa shape index (κ2) is 9.08. The Morgan fingerprint density at radius 1 is 1.00 bits per heavy atom. The highest BCUT2D eigenvalue weighted by Crippen LogP contribution is 2.43. The van der Waals surface area contributed by atoms with Gasteiger partial charge >= 0.3 is 0 Å². The van der Waals surface area contributed by atoms with Crippen LogP contribution in [0.1, 0.15) is 34.8 Å².